The quantitative estimate of drug-likeness (QED) is 0.451. The second-order valence-corrected chi connectivity index (χ2v) is 0. The predicted molar refractivity (Wildman–Crippen MR) is 20.1 cm³/mol. The zero-order valence-electron chi connectivity index (χ0n) is 4.83. The van der Waals surface area contributed by atoms with Crippen molar-refractivity contribution in [2.45, 2.75) is 0 Å². The summed E-state index contributed by atoms with van der Waals surface area (Å²) < 4.78 is 0. The van der Waals surface area contributed by atoms with Crippen LogP contribution >= 0.6 is 0 Å². The second kappa shape index (κ2) is 84.2. The van der Waals surface area contributed by atoms with Crippen LogP contribution in [0, 0.1) is 0 Å². The number of hydrogen-bond acceptors (Lipinski definition) is 4. The second-order valence-electron chi connectivity index (χ2n) is 0. The summed E-state index contributed by atoms with van der Waals surface area (Å²) in [6.45, 7) is 0. The van der Waals surface area contributed by atoms with Crippen LogP contribution in [0.2, 0.25) is 0 Å². The molecule has 0 rings (SSSR count). The molecule has 0 fully saturated rings. The molecule has 48 valence electrons. The van der Waals surface area contributed by atoms with Crippen molar-refractivity contribution in [3.05, 3.63) is 0 Å². The molecular formula is H12N4TiZr3. The van der Waals surface area contributed by atoms with E-state index in [0.29, 0.717) is 0 Å². The molecule has 12 N–H and O–H groups in total. The van der Waals surface area contributed by atoms with Crippen molar-refractivity contribution in [2.75, 3.05) is 0 Å². The molecule has 0 aliphatic carbocycles. The van der Waals surface area contributed by atoms with E-state index >= 15 is 0 Å². The molecular weight excluding hydrogens is 378 g/mol. The predicted octanol–water partition coefficient (Wildman–Crippen LogP) is 0.638. The van der Waals surface area contributed by atoms with Gasteiger partial charge in [0.05, 0.1) is 0 Å². The van der Waals surface area contributed by atoms with Gasteiger partial charge in [0.25, 0.3) is 0 Å². The summed E-state index contributed by atoms with van der Waals surface area (Å²) in [5.41, 5.74) is 0. The largest absolute Gasteiger partial charge is 0.344 e. The third-order valence-corrected chi connectivity index (χ3v) is 0. The Morgan fingerprint density at radius 3 is 0.375 bits per heavy atom. The van der Waals surface area contributed by atoms with Gasteiger partial charge in [-0.3, -0.25) is 0 Å². The van der Waals surface area contributed by atoms with Crippen LogP contribution in [0.25, 0.3) is 0 Å². The average Bonchev–Trinajstić information content (AvgIpc) is 0. The van der Waals surface area contributed by atoms with Crippen molar-refractivity contribution in [1.82, 2.24) is 24.6 Å². The first kappa shape index (κ1) is 114. The Kier molecular flexibility index (Phi) is 1200. The molecule has 0 aliphatic heterocycles. The molecule has 0 heterocycles. The van der Waals surface area contributed by atoms with Gasteiger partial charge in [0.2, 0.25) is 0 Å². The maximum Gasteiger partial charge on any atom is 0 e. The monoisotopic (exact) mass is 386 g/mol. The van der Waals surface area contributed by atoms with Gasteiger partial charge < -0.3 is 24.6 Å². The van der Waals surface area contributed by atoms with E-state index in [2.05, 4.69) is 0 Å². The molecule has 4 nitrogen and oxygen atoms in total. The van der Waals surface area contributed by atoms with Crippen LogP contribution in [-0.2, 0) is 100 Å². The minimum Gasteiger partial charge on any atom is -0.344 e. The first-order valence-corrected chi connectivity index (χ1v) is 0. The van der Waals surface area contributed by atoms with E-state index in [1.807, 2.05) is 0 Å². The Morgan fingerprint density at radius 1 is 0.375 bits per heavy atom. The molecule has 0 aromatic carbocycles. The van der Waals surface area contributed by atoms with Crippen molar-refractivity contribution in [3.8, 4) is 0 Å². The van der Waals surface area contributed by atoms with Gasteiger partial charge in [-0.05, 0) is 0 Å². The summed E-state index contributed by atoms with van der Waals surface area (Å²) in [6, 6.07) is 0. The van der Waals surface area contributed by atoms with Crippen molar-refractivity contribution >= 4 is 0 Å². The minimum atomic E-state index is 0. The molecule has 0 aliphatic rings. The van der Waals surface area contributed by atoms with Crippen molar-refractivity contribution in [2.24, 2.45) is 0 Å². The Bertz CT molecular complexity index is 11.2. The number of rotatable bonds is 0. The molecule has 0 atom stereocenters. The minimum absolute atomic E-state index is 0. The van der Waals surface area contributed by atoms with Gasteiger partial charge in [-0.25, -0.2) is 0 Å². The molecule has 0 saturated carbocycles. The summed E-state index contributed by atoms with van der Waals surface area (Å²) >= 11 is 0. The van der Waals surface area contributed by atoms with Crippen molar-refractivity contribution in [1.29, 1.82) is 0 Å². The smallest absolute Gasteiger partial charge is 0 e. The van der Waals surface area contributed by atoms with Crippen LogP contribution in [0.3, 0.4) is 0 Å². The third kappa shape index (κ3) is 60.4. The van der Waals surface area contributed by atoms with Gasteiger partial charge >= 0.3 is 0 Å². The molecule has 0 amide bonds. The van der Waals surface area contributed by atoms with E-state index in [1.54, 1.807) is 0 Å². The SMILES string of the molecule is N.N.N.N.[Ti].[Zr].[Zr].[Zr]. The van der Waals surface area contributed by atoms with Crippen LogP contribution in [-0.4, -0.2) is 0 Å². The van der Waals surface area contributed by atoms with E-state index in [0.717, 1.165) is 0 Å². The van der Waals surface area contributed by atoms with E-state index < -0.39 is 0 Å². The molecule has 8 heteroatoms. The number of hydrogen-bond donors (Lipinski definition) is 4. The maximum atomic E-state index is 0. The van der Waals surface area contributed by atoms with Crippen LogP contribution in [0.15, 0.2) is 0 Å². The normalized spacial score (nSPS) is 0. The van der Waals surface area contributed by atoms with Crippen molar-refractivity contribution < 1.29 is 100 Å². The van der Waals surface area contributed by atoms with E-state index in [9.17, 15) is 0 Å². The van der Waals surface area contributed by atoms with E-state index in [4.69, 9.17) is 0 Å². The molecule has 0 unspecified atom stereocenters. The van der Waals surface area contributed by atoms with E-state index in [-0.39, 0.29) is 125 Å². The Labute approximate surface area is 123 Å². The first-order chi connectivity index (χ1) is 0. The Balaban J connectivity index is 0. The van der Waals surface area contributed by atoms with Gasteiger partial charge in [0.1, 0.15) is 0 Å². The average molecular weight is 390 g/mol. The molecule has 0 aromatic rings. The van der Waals surface area contributed by atoms with Crippen LogP contribution in [0.1, 0.15) is 0 Å². The molecule has 0 bridgehead atoms. The standard InChI is InChI=1S/4H3N.Ti.3Zr/h4*1H3;;;;. The summed E-state index contributed by atoms with van der Waals surface area (Å²) in [5, 5.41) is 0. The van der Waals surface area contributed by atoms with Gasteiger partial charge in [-0.15, -0.1) is 0 Å². The van der Waals surface area contributed by atoms with Gasteiger partial charge in [-0.2, -0.15) is 0 Å². The molecule has 0 radical (unpaired) electrons. The van der Waals surface area contributed by atoms with Crippen LogP contribution < -0.4 is 24.6 Å². The topological polar surface area (TPSA) is 140 Å². The Hall–Kier alpha value is 3.20. The maximum absolute atomic E-state index is 0. The van der Waals surface area contributed by atoms with E-state index in [1.165, 1.54) is 0 Å². The molecule has 8 heavy (non-hydrogen) atoms. The van der Waals surface area contributed by atoms with Crippen LogP contribution in [0.5, 0.6) is 0 Å². The fourth-order valence-corrected chi connectivity index (χ4v) is 0. The Morgan fingerprint density at radius 2 is 0.375 bits per heavy atom. The molecule has 0 saturated heterocycles. The third-order valence-electron chi connectivity index (χ3n) is 0. The first-order valence-electron chi connectivity index (χ1n) is 0. The summed E-state index contributed by atoms with van der Waals surface area (Å²) in [7, 11) is 0. The molecule has 0 spiro atoms. The van der Waals surface area contributed by atoms with Gasteiger partial charge in [0.15, 0.2) is 0 Å². The van der Waals surface area contributed by atoms with Gasteiger partial charge in [-0.1, -0.05) is 0 Å². The molecule has 0 aromatic heterocycles. The van der Waals surface area contributed by atoms with Gasteiger partial charge in [0, 0.05) is 100 Å². The van der Waals surface area contributed by atoms with Crippen LogP contribution in [0.4, 0.5) is 0 Å². The fourth-order valence-electron chi connectivity index (χ4n) is 0. The summed E-state index contributed by atoms with van der Waals surface area (Å²) in [6.07, 6.45) is 0. The zero-order valence-corrected chi connectivity index (χ0v) is 13.8. The summed E-state index contributed by atoms with van der Waals surface area (Å²) in [5.74, 6) is 0. The summed E-state index contributed by atoms with van der Waals surface area (Å²) in [4.78, 5) is 0. The van der Waals surface area contributed by atoms with Crippen molar-refractivity contribution in [3.63, 3.8) is 0 Å². The fraction of sp³-hybridized carbons (Fsp3) is 0. The zero-order chi connectivity index (χ0) is 0.